The largest absolute Gasteiger partial charge is 0.314 e. The van der Waals surface area contributed by atoms with Gasteiger partial charge in [-0.15, -0.1) is 0 Å². The normalized spacial score (nSPS) is 12.7. The van der Waals surface area contributed by atoms with Gasteiger partial charge in [0, 0.05) is 24.4 Å². The van der Waals surface area contributed by atoms with Crippen LogP contribution in [0.15, 0.2) is 18.3 Å². The standard InChI is InChI=1S/C14H24N2/c1-4-7-13(15-9-5-2)11-14-12(3)8-6-10-16-14/h6,8,10,13,15H,4-5,7,9,11H2,1-3H3. The average molecular weight is 220 g/mol. The Kier molecular flexibility index (Phi) is 6.09. The second-order valence-electron chi connectivity index (χ2n) is 4.41. The quantitative estimate of drug-likeness (QED) is 0.763. The van der Waals surface area contributed by atoms with Gasteiger partial charge in [0.15, 0.2) is 0 Å². The Bertz CT molecular complexity index is 297. The Hall–Kier alpha value is -0.890. The van der Waals surface area contributed by atoms with Crippen LogP contribution in [0.4, 0.5) is 0 Å². The van der Waals surface area contributed by atoms with E-state index < -0.39 is 0 Å². The van der Waals surface area contributed by atoms with Crippen LogP contribution in [0.5, 0.6) is 0 Å². The van der Waals surface area contributed by atoms with Crippen LogP contribution in [0.2, 0.25) is 0 Å². The molecule has 0 aliphatic heterocycles. The maximum atomic E-state index is 4.47. The van der Waals surface area contributed by atoms with E-state index in [-0.39, 0.29) is 0 Å². The van der Waals surface area contributed by atoms with Crippen LogP contribution in [0.3, 0.4) is 0 Å². The van der Waals surface area contributed by atoms with Crippen molar-refractivity contribution in [2.75, 3.05) is 6.54 Å². The molecule has 0 fully saturated rings. The molecule has 1 N–H and O–H groups in total. The van der Waals surface area contributed by atoms with Gasteiger partial charge < -0.3 is 5.32 Å². The van der Waals surface area contributed by atoms with Crippen molar-refractivity contribution in [1.82, 2.24) is 10.3 Å². The van der Waals surface area contributed by atoms with E-state index in [1.165, 1.54) is 30.5 Å². The summed E-state index contributed by atoms with van der Waals surface area (Å²) in [7, 11) is 0. The van der Waals surface area contributed by atoms with Crippen molar-refractivity contribution in [3.05, 3.63) is 29.6 Å². The predicted octanol–water partition coefficient (Wildman–Crippen LogP) is 3.10. The molecule has 0 spiro atoms. The van der Waals surface area contributed by atoms with Gasteiger partial charge in [0.25, 0.3) is 0 Å². The zero-order valence-electron chi connectivity index (χ0n) is 10.8. The first-order valence-electron chi connectivity index (χ1n) is 6.41. The molecule has 1 atom stereocenters. The van der Waals surface area contributed by atoms with E-state index in [0.717, 1.165) is 13.0 Å². The van der Waals surface area contributed by atoms with Gasteiger partial charge in [-0.25, -0.2) is 0 Å². The summed E-state index contributed by atoms with van der Waals surface area (Å²) in [6, 6.07) is 4.73. The Morgan fingerprint density at radius 1 is 1.31 bits per heavy atom. The molecule has 0 amide bonds. The van der Waals surface area contributed by atoms with Crippen molar-refractivity contribution < 1.29 is 0 Å². The lowest BCUT2D eigenvalue weighted by atomic mass is 10.0. The summed E-state index contributed by atoms with van der Waals surface area (Å²) in [6.45, 7) is 7.70. The number of hydrogen-bond donors (Lipinski definition) is 1. The molecule has 16 heavy (non-hydrogen) atoms. The number of nitrogens with zero attached hydrogens (tertiary/aromatic N) is 1. The minimum Gasteiger partial charge on any atom is -0.314 e. The summed E-state index contributed by atoms with van der Waals surface area (Å²) >= 11 is 0. The third kappa shape index (κ3) is 4.31. The molecule has 0 saturated carbocycles. The number of pyridine rings is 1. The van der Waals surface area contributed by atoms with Gasteiger partial charge in [-0.1, -0.05) is 26.3 Å². The molecule has 1 unspecified atom stereocenters. The van der Waals surface area contributed by atoms with E-state index in [4.69, 9.17) is 0 Å². The van der Waals surface area contributed by atoms with Gasteiger partial charge in [-0.3, -0.25) is 4.98 Å². The van der Waals surface area contributed by atoms with Crippen LogP contribution >= 0.6 is 0 Å². The topological polar surface area (TPSA) is 24.9 Å². The highest BCUT2D eigenvalue weighted by Crippen LogP contribution is 2.09. The average Bonchev–Trinajstić information content (AvgIpc) is 2.29. The third-order valence-electron chi connectivity index (χ3n) is 2.88. The number of aryl methyl sites for hydroxylation is 1. The summed E-state index contributed by atoms with van der Waals surface area (Å²) in [5.41, 5.74) is 2.55. The number of rotatable bonds is 7. The van der Waals surface area contributed by atoms with Crippen LogP contribution in [0.25, 0.3) is 0 Å². The van der Waals surface area contributed by atoms with Crippen molar-refractivity contribution in [3.8, 4) is 0 Å². The number of nitrogens with one attached hydrogen (secondary N) is 1. The molecule has 1 heterocycles. The summed E-state index contributed by atoms with van der Waals surface area (Å²) in [6.07, 6.45) is 6.61. The lowest BCUT2D eigenvalue weighted by molar-refractivity contribution is 0.468. The van der Waals surface area contributed by atoms with Gasteiger partial charge >= 0.3 is 0 Å². The molecule has 0 aliphatic carbocycles. The SMILES string of the molecule is CCCNC(CCC)Cc1ncccc1C. The summed E-state index contributed by atoms with van der Waals surface area (Å²) in [5, 5.41) is 3.61. The van der Waals surface area contributed by atoms with Crippen molar-refractivity contribution in [1.29, 1.82) is 0 Å². The molecule has 1 rings (SSSR count). The molecule has 1 aromatic heterocycles. The maximum Gasteiger partial charge on any atom is 0.0448 e. The lowest BCUT2D eigenvalue weighted by Crippen LogP contribution is -2.32. The number of hydrogen-bond acceptors (Lipinski definition) is 2. The lowest BCUT2D eigenvalue weighted by Gasteiger charge is -2.18. The van der Waals surface area contributed by atoms with E-state index in [0.29, 0.717) is 6.04 Å². The predicted molar refractivity (Wildman–Crippen MR) is 69.7 cm³/mol. The minimum absolute atomic E-state index is 0.582. The summed E-state index contributed by atoms with van der Waals surface area (Å²) in [5.74, 6) is 0. The first kappa shape index (κ1) is 13.2. The summed E-state index contributed by atoms with van der Waals surface area (Å²) < 4.78 is 0. The molecule has 0 radical (unpaired) electrons. The fourth-order valence-corrected chi connectivity index (χ4v) is 1.94. The van der Waals surface area contributed by atoms with Gasteiger partial charge in [0.2, 0.25) is 0 Å². The molecular formula is C14H24N2. The Labute approximate surface area is 99.5 Å². The molecule has 0 aliphatic rings. The fourth-order valence-electron chi connectivity index (χ4n) is 1.94. The van der Waals surface area contributed by atoms with Crippen LogP contribution in [-0.4, -0.2) is 17.6 Å². The van der Waals surface area contributed by atoms with E-state index in [9.17, 15) is 0 Å². The number of aromatic nitrogens is 1. The molecule has 0 saturated heterocycles. The van der Waals surface area contributed by atoms with Crippen molar-refractivity contribution in [2.24, 2.45) is 0 Å². The maximum absolute atomic E-state index is 4.47. The van der Waals surface area contributed by atoms with E-state index >= 15 is 0 Å². The first-order chi connectivity index (χ1) is 7.77. The molecular weight excluding hydrogens is 196 g/mol. The van der Waals surface area contributed by atoms with E-state index in [1.807, 2.05) is 12.3 Å². The molecule has 90 valence electrons. The second-order valence-corrected chi connectivity index (χ2v) is 4.41. The Morgan fingerprint density at radius 3 is 2.75 bits per heavy atom. The molecule has 2 heteroatoms. The van der Waals surface area contributed by atoms with Crippen LogP contribution < -0.4 is 5.32 Å². The molecule has 0 aromatic carbocycles. The van der Waals surface area contributed by atoms with E-state index in [1.54, 1.807) is 0 Å². The third-order valence-corrected chi connectivity index (χ3v) is 2.88. The van der Waals surface area contributed by atoms with Gasteiger partial charge in [-0.05, 0) is 37.9 Å². The Morgan fingerprint density at radius 2 is 2.12 bits per heavy atom. The van der Waals surface area contributed by atoms with E-state index in [2.05, 4.69) is 37.1 Å². The zero-order valence-corrected chi connectivity index (χ0v) is 10.8. The highest BCUT2D eigenvalue weighted by Gasteiger charge is 2.09. The van der Waals surface area contributed by atoms with Crippen molar-refractivity contribution in [2.45, 2.75) is 52.5 Å². The fraction of sp³-hybridized carbons (Fsp3) is 0.643. The molecule has 1 aromatic rings. The second kappa shape index (κ2) is 7.39. The van der Waals surface area contributed by atoms with Gasteiger partial charge in [0.1, 0.15) is 0 Å². The highest BCUT2D eigenvalue weighted by molar-refractivity contribution is 5.18. The Balaban J connectivity index is 2.56. The smallest absolute Gasteiger partial charge is 0.0448 e. The monoisotopic (exact) mass is 220 g/mol. The minimum atomic E-state index is 0.582. The van der Waals surface area contributed by atoms with Gasteiger partial charge in [-0.2, -0.15) is 0 Å². The van der Waals surface area contributed by atoms with Crippen molar-refractivity contribution in [3.63, 3.8) is 0 Å². The van der Waals surface area contributed by atoms with Gasteiger partial charge in [0.05, 0.1) is 0 Å². The molecule has 2 nitrogen and oxygen atoms in total. The van der Waals surface area contributed by atoms with Crippen LogP contribution in [-0.2, 0) is 6.42 Å². The van der Waals surface area contributed by atoms with Crippen molar-refractivity contribution >= 4 is 0 Å². The molecule has 0 bridgehead atoms. The summed E-state index contributed by atoms with van der Waals surface area (Å²) in [4.78, 5) is 4.47. The van der Waals surface area contributed by atoms with Crippen LogP contribution in [0, 0.1) is 6.92 Å². The first-order valence-corrected chi connectivity index (χ1v) is 6.41. The van der Waals surface area contributed by atoms with Crippen LogP contribution in [0.1, 0.15) is 44.4 Å². The highest BCUT2D eigenvalue weighted by atomic mass is 14.9. The zero-order chi connectivity index (χ0) is 11.8.